The first-order chi connectivity index (χ1) is 10.3. The number of ether oxygens (including phenoxy) is 2. The van der Waals surface area contributed by atoms with E-state index in [1.165, 1.54) is 5.56 Å². The predicted octanol–water partition coefficient (Wildman–Crippen LogP) is 2.10. The highest BCUT2D eigenvalue weighted by Crippen LogP contribution is 2.22. The smallest absolute Gasteiger partial charge is 0.144 e. The third kappa shape index (κ3) is 3.09. The molecule has 3 rings (SSSR count). The fraction of sp³-hybridized carbons (Fsp3) is 0.438. The Balaban J connectivity index is 1.72. The van der Waals surface area contributed by atoms with Crippen molar-refractivity contribution in [3.63, 3.8) is 0 Å². The highest BCUT2D eigenvalue weighted by atomic mass is 16.5. The Morgan fingerprint density at radius 3 is 2.90 bits per heavy atom. The summed E-state index contributed by atoms with van der Waals surface area (Å²) in [6, 6.07) is 7.90. The minimum absolute atomic E-state index is 0.370. The van der Waals surface area contributed by atoms with E-state index in [0.29, 0.717) is 6.10 Å². The van der Waals surface area contributed by atoms with Crippen molar-refractivity contribution in [3.8, 4) is 11.4 Å². The van der Waals surface area contributed by atoms with Crippen molar-refractivity contribution < 1.29 is 9.47 Å². The Morgan fingerprint density at radius 1 is 1.29 bits per heavy atom. The first-order valence-electron chi connectivity index (χ1n) is 7.22. The summed E-state index contributed by atoms with van der Waals surface area (Å²) < 4.78 is 12.7. The van der Waals surface area contributed by atoms with Crippen LogP contribution in [0.3, 0.4) is 0 Å². The Morgan fingerprint density at radius 2 is 2.14 bits per heavy atom. The van der Waals surface area contributed by atoms with Gasteiger partial charge in [0, 0.05) is 38.5 Å². The average Bonchev–Trinajstić information content (AvgIpc) is 3.17. The minimum atomic E-state index is 0.370. The normalized spacial score (nSPS) is 19.0. The van der Waals surface area contributed by atoms with Crippen molar-refractivity contribution in [2.45, 2.75) is 19.1 Å². The molecule has 1 unspecified atom stereocenters. The van der Waals surface area contributed by atoms with Crippen LogP contribution in [0.25, 0.3) is 5.69 Å². The topological polar surface area (TPSA) is 39.5 Å². The fourth-order valence-electron chi connectivity index (χ4n) is 2.78. The lowest BCUT2D eigenvalue weighted by molar-refractivity contribution is 0.107. The Bertz CT molecular complexity index is 597. The lowest BCUT2D eigenvalue weighted by Gasteiger charge is -2.14. The monoisotopic (exact) mass is 287 g/mol. The number of hydrogen-bond donors (Lipinski definition) is 0. The van der Waals surface area contributed by atoms with Gasteiger partial charge >= 0.3 is 0 Å². The highest BCUT2D eigenvalue weighted by molar-refractivity contribution is 5.46. The maximum atomic E-state index is 5.40. The molecule has 0 amide bonds. The van der Waals surface area contributed by atoms with Gasteiger partial charge in [-0.2, -0.15) is 5.10 Å². The van der Waals surface area contributed by atoms with Crippen LogP contribution in [0.1, 0.15) is 12.0 Å². The summed E-state index contributed by atoms with van der Waals surface area (Å²) in [7, 11) is 3.46. The van der Waals surface area contributed by atoms with E-state index >= 15 is 0 Å². The van der Waals surface area contributed by atoms with E-state index in [-0.39, 0.29) is 0 Å². The summed E-state index contributed by atoms with van der Waals surface area (Å²) >= 11 is 0. The summed E-state index contributed by atoms with van der Waals surface area (Å²) in [5.74, 6) is 0.827. The molecule has 112 valence electrons. The zero-order valence-corrected chi connectivity index (χ0v) is 12.5. The van der Waals surface area contributed by atoms with Gasteiger partial charge in [-0.25, -0.2) is 4.68 Å². The number of aromatic nitrogens is 2. The molecule has 2 heterocycles. The molecule has 5 heteroatoms. The van der Waals surface area contributed by atoms with Gasteiger partial charge in [0.2, 0.25) is 0 Å². The molecule has 0 saturated carbocycles. The Kier molecular flexibility index (Phi) is 4.22. The van der Waals surface area contributed by atoms with Crippen LogP contribution in [0.5, 0.6) is 5.75 Å². The lowest BCUT2D eigenvalue weighted by Crippen LogP contribution is -2.22. The SMILES string of the molecule is COc1ccccc1-n1cc(CN2CCC(OC)C2)cn1. The maximum absolute atomic E-state index is 5.40. The molecule has 1 saturated heterocycles. The Hall–Kier alpha value is -1.85. The van der Waals surface area contributed by atoms with E-state index in [1.807, 2.05) is 35.1 Å². The molecule has 0 aliphatic carbocycles. The summed E-state index contributed by atoms with van der Waals surface area (Å²) in [5.41, 5.74) is 2.17. The number of methoxy groups -OCH3 is 2. The van der Waals surface area contributed by atoms with Gasteiger partial charge in [0.05, 0.1) is 19.4 Å². The predicted molar refractivity (Wildman–Crippen MR) is 80.8 cm³/mol. The van der Waals surface area contributed by atoms with E-state index in [2.05, 4.69) is 16.2 Å². The molecule has 0 radical (unpaired) electrons. The second-order valence-electron chi connectivity index (χ2n) is 5.35. The van der Waals surface area contributed by atoms with E-state index in [1.54, 1.807) is 14.2 Å². The molecule has 21 heavy (non-hydrogen) atoms. The van der Waals surface area contributed by atoms with Crippen LogP contribution in [0.15, 0.2) is 36.7 Å². The van der Waals surface area contributed by atoms with Crippen LogP contribution in [0.4, 0.5) is 0 Å². The van der Waals surface area contributed by atoms with Gasteiger partial charge in [-0.3, -0.25) is 4.90 Å². The standard InChI is InChI=1S/C16H21N3O2/c1-20-14-7-8-18(12-14)10-13-9-17-19(11-13)15-5-3-4-6-16(15)21-2/h3-6,9,11,14H,7-8,10,12H2,1-2H3. The Labute approximate surface area is 125 Å². The second-order valence-corrected chi connectivity index (χ2v) is 5.35. The van der Waals surface area contributed by atoms with Crippen LogP contribution in [-0.4, -0.2) is 48.1 Å². The molecule has 1 aromatic heterocycles. The van der Waals surface area contributed by atoms with E-state index in [0.717, 1.165) is 37.5 Å². The molecule has 2 aromatic rings. The van der Waals surface area contributed by atoms with Crippen molar-refractivity contribution >= 4 is 0 Å². The molecule has 0 spiro atoms. The fourth-order valence-corrected chi connectivity index (χ4v) is 2.78. The molecule has 1 aromatic carbocycles. The molecule has 1 fully saturated rings. The highest BCUT2D eigenvalue weighted by Gasteiger charge is 2.22. The first-order valence-corrected chi connectivity index (χ1v) is 7.22. The van der Waals surface area contributed by atoms with Crippen LogP contribution in [-0.2, 0) is 11.3 Å². The molecule has 0 N–H and O–H groups in total. The summed E-state index contributed by atoms with van der Waals surface area (Å²) in [6.45, 7) is 2.99. The van der Waals surface area contributed by atoms with Gasteiger partial charge in [0.1, 0.15) is 11.4 Å². The van der Waals surface area contributed by atoms with Gasteiger partial charge in [0.25, 0.3) is 0 Å². The summed E-state index contributed by atoms with van der Waals surface area (Å²) in [5, 5.41) is 4.46. The number of para-hydroxylation sites is 2. The maximum Gasteiger partial charge on any atom is 0.144 e. The number of likely N-dealkylation sites (tertiary alicyclic amines) is 1. The molecular formula is C16H21N3O2. The molecule has 1 aliphatic heterocycles. The third-order valence-corrected chi connectivity index (χ3v) is 3.94. The average molecular weight is 287 g/mol. The van der Waals surface area contributed by atoms with Crippen molar-refractivity contribution in [1.82, 2.24) is 14.7 Å². The van der Waals surface area contributed by atoms with Crippen LogP contribution < -0.4 is 4.74 Å². The van der Waals surface area contributed by atoms with Gasteiger partial charge < -0.3 is 9.47 Å². The summed E-state index contributed by atoms with van der Waals surface area (Å²) in [6.07, 6.45) is 5.47. The van der Waals surface area contributed by atoms with Gasteiger partial charge in [0.15, 0.2) is 0 Å². The van der Waals surface area contributed by atoms with Crippen LogP contribution in [0, 0.1) is 0 Å². The van der Waals surface area contributed by atoms with Crippen molar-refractivity contribution in [2.24, 2.45) is 0 Å². The zero-order valence-electron chi connectivity index (χ0n) is 12.5. The minimum Gasteiger partial charge on any atom is -0.494 e. The molecular weight excluding hydrogens is 266 g/mol. The molecule has 5 nitrogen and oxygen atoms in total. The van der Waals surface area contributed by atoms with E-state index in [4.69, 9.17) is 9.47 Å². The molecule has 1 aliphatic rings. The number of rotatable bonds is 5. The third-order valence-electron chi connectivity index (χ3n) is 3.94. The van der Waals surface area contributed by atoms with Crippen LogP contribution >= 0.6 is 0 Å². The number of nitrogens with zero attached hydrogens (tertiary/aromatic N) is 3. The molecule has 1 atom stereocenters. The van der Waals surface area contributed by atoms with Gasteiger partial charge in [-0.1, -0.05) is 12.1 Å². The first kappa shape index (κ1) is 14.1. The quantitative estimate of drug-likeness (QED) is 0.844. The number of hydrogen-bond acceptors (Lipinski definition) is 4. The zero-order chi connectivity index (χ0) is 14.7. The second kappa shape index (κ2) is 6.28. The van der Waals surface area contributed by atoms with Crippen molar-refractivity contribution in [2.75, 3.05) is 27.3 Å². The number of benzene rings is 1. The van der Waals surface area contributed by atoms with E-state index in [9.17, 15) is 0 Å². The van der Waals surface area contributed by atoms with Crippen molar-refractivity contribution in [3.05, 3.63) is 42.2 Å². The van der Waals surface area contributed by atoms with Gasteiger partial charge in [-0.15, -0.1) is 0 Å². The molecule has 0 bridgehead atoms. The van der Waals surface area contributed by atoms with Gasteiger partial charge in [-0.05, 0) is 18.6 Å². The largest absolute Gasteiger partial charge is 0.494 e. The van der Waals surface area contributed by atoms with Crippen LogP contribution in [0.2, 0.25) is 0 Å². The summed E-state index contributed by atoms with van der Waals surface area (Å²) in [4.78, 5) is 2.40. The van der Waals surface area contributed by atoms with E-state index < -0.39 is 0 Å². The van der Waals surface area contributed by atoms with Crippen molar-refractivity contribution in [1.29, 1.82) is 0 Å². The lowest BCUT2D eigenvalue weighted by atomic mass is 10.3.